The Kier molecular flexibility index (Phi) is 4.76. The highest BCUT2D eigenvalue weighted by atomic mass is 79.9. The first-order valence-electron chi connectivity index (χ1n) is 7.22. The molecule has 116 valence electrons. The lowest BCUT2D eigenvalue weighted by Gasteiger charge is -2.27. The molecule has 1 aromatic heterocycles. The number of carbonyl (C=O) groups is 2. The second-order valence-corrected chi connectivity index (χ2v) is 6.85. The average molecular weight is 356 g/mol. The molecule has 1 saturated heterocycles. The first-order valence-corrected chi connectivity index (χ1v) is 8.01. The van der Waals surface area contributed by atoms with Crippen molar-refractivity contribution in [1.29, 1.82) is 0 Å². The van der Waals surface area contributed by atoms with Gasteiger partial charge in [-0.05, 0) is 48.7 Å². The van der Waals surface area contributed by atoms with Gasteiger partial charge in [-0.1, -0.05) is 0 Å². The standard InChI is InChI=1S/C15H22BrN3O2/c1-10(2)19-9-11(16)8-13(19)15(21)18-7-5-6-12(18)14(20)17(3)4/h8-10,12H,5-7H2,1-4H3. The Labute approximate surface area is 134 Å². The molecule has 2 heterocycles. The van der Waals surface area contributed by atoms with Crippen LogP contribution in [0.25, 0.3) is 0 Å². The van der Waals surface area contributed by atoms with E-state index in [9.17, 15) is 9.59 Å². The van der Waals surface area contributed by atoms with Gasteiger partial charge in [-0.15, -0.1) is 0 Å². The van der Waals surface area contributed by atoms with Crippen LogP contribution in [-0.4, -0.2) is 52.9 Å². The molecule has 0 bridgehead atoms. The van der Waals surface area contributed by atoms with Gasteiger partial charge in [0.05, 0.1) is 0 Å². The Morgan fingerprint density at radius 2 is 2.05 bits per heavy atom. The molecule has 0 saturated carbocycles. The van der Waals surface area contributed by atoms with Crippen molar-refractivity contribution in [2.75, 3.05) is 20.6 Å². The summed E-state index contributed by atoms with van der Waals surface area (Å²) >= 11 is 3.43. The highest BCUT2D eigenvalue weighted by Crippen LogP contribution is 2.25. The van der Waals surface area contributed by atoms with Crippen molar-refractivity contribution in [2.45, 2.75) is 38.8 Å². The molecule has 5 nitrogen and oxygen atoms in total. The lowest BCUT2D eigenvalue weighted by Crippen LogP contribution is -2.45. The van der Waals surface area contributed by atoms with Crippen LogP contribution in [0, 0.1) is 0 Å². The molecule has 2 amide bonds. The molecule has 0 N–H and O–H groups in total. The quantitative estimate of drug-likeness (QED) is 0.836. The fourth-order valence-corrected chi connectivity index (χ4v) is 3.19. The van der Waals surface area contributed by atoms with Gasteiger partial charge in [0.15, 0.2) is 0 Å². The molecular formula is C15H22BrN3O2. The zero-order valence-corrected chi connectivity index (χ0v) is 14.6. The molecular weight excluding hydrogens is 334 g/mol. The molecule has 0 spiro atoms. The van der Waals surface area contributed by atoms with Crippen LogP contribution >= 0.6 is 15.9 Å². The number of nitrogens with zero attached hydrogens (tertiary/aromatic N) is 3. The predicted molar refractivity (Wildman–Crippen MR) is 85.3 cm³/mol. The molecule has 2 rings (SSSR count). The van der Waals surface area contributed by atoms with Crippen LogP contribution in [0.3, 0.4) is 0 Å². The van der Waals surface area contributed by atoms with Gasteiger partial charge in [-0.2, -0.15) is 0 Å². The molecule has 0 aromatic carbocycles. The van der Waals surface area contributed by atoms with E-state index < -0.39 is 0 Å². The minimum atomic E-state index is -0.332. The number of halogens is 1. The van der Waals surface area contributed by atoms with E-state index in [1.165, 1.54) is 0 Å². The molecule has 1 fully saturated rings. The average Bonchev–Trinajstić information content (AvgIpc) is 3.02. The van der Waals surface area contributed by atoms with Crippen LogP contribution in [0.5, 0.6) is 0 Å². The summed E-state index contributed by atoms with van der Waals surface area (Å²) in [4.78, 5) is 28.3. The van der Waals surface area contributed by atoms with Gasteiger partial charge in [0.1, 0.15) is 11.7 Å². The molecule has 6 heteroatoms. The second kappa shape index (κ2) is 6.22. The number of hydrogen-bond acceptors (Lipinski definition) is 2. The maximum atomic E-state index is 12.8. The first-order chi connectivity index (χ1) is 9.82. The van der Waals surface area contributed by atoms with Gasteiger partial charge in [-0.25, -0.2) is 0 Å². The largest absolute Gasteiger partial charge is 0.347 e. The van der Waals surface area contributed by atoms with E-state index in [0.717, 1.165) is 17.3 Å². The van der Waals surface area contributed by atoms with Crippen molar-refractivity contribution >= 4 is 27.7 Å². The molecule has 1 atom stereocenters. The molecule has 0 radical (unpaired) electrons. The zero-order valence-electron chi connectivity index (χ0n) is 13.0. The van der Waals surface area contributed by atoms with Gasteiger partial charge in [-0.3, -0.25) is 9.59 Å². The maximum Gasteiger partial charge on any atom is 0.271 e. The molecule has 1 unspecified atom stereocenters. The summed E-state index contributed by atoms with van der Waals surface area (Å²) < 4.78 is 2.83. The lowest BCUT2D eigenvalue weighted by atomic mass is 10.2. The summed E-state index contributed by atoms with van der Waals surface area (Å²) in [6, 6.07) is 1.69. The first kappa shape index (κ1) is 16.1. The Morgan fingerprint density at radius 3 is 2.62 bits per heavy atom. The Balaban J connectivity index is 2.29. The van der Waals surface area contributed by atoms with Crippen molar-refractivity contribution in [3.63, 3.8) is 0 Å². The van der Waals surface area contributed by atoms with E-state index in [1.807, 2.05) is 30.7 Å². The van der Waals surface area contributed by atoms with Gasteiger partial charge in [0, 0.05) is 37.4 Å². The Morgan fingerprint density at radius 1 is 1.38 bits per heavy atom. The third kappa shape index (κ3) is 3.15. The monoisotopic (exact) mass is 355 g/mol. The van der Waals surface area contributed by atoms with E-state index in [2.05, 4.69) is 15.9 Å². The molecule has 1 aliphatic rings. The molecule has 1 aromatic rings. The normalized spacial score (nSPS) is 18.4. The predicted octanol–water partition coefficient (Wildman–Crippen LogP) is 2.52. The van der Waals surface area contributed by atoms with Crippen LogP contribution in [0.2, 0.25) is 0 Å². The SMILES string of the molecule is CC(C)n1cc(Br)cc1C(=O)N1CCCC1C(=O)N(C)C. The van der Waals surface area contributed by atoms with Crippen molar-refractivity contribution in [1.82, 2.24) is 14.4 Å². The van der Waals surface area contributed by atoms with Crippen molar-refractivity contribution in [3.05, 3.63) is 22.4 Å². The van der Waals surface area contributed by atoms with Crippen molar-refractivity contribution in [3.8, 4) is 0 Å². The highest BCUT2D eigenvalue weighted by Gasteiger charge is 2.36. The second-order valence-electron chi connectivity index (χ2n) is 5.93. The number of amides is 2. The van der Waals surface area contributed by atoms with Crippen molar-refractivity contribution < 1.29 is 9.59 Å². The van der Waals surface area contributed by atoms with E-state index in [-0.39, 0.29) is 23.9 Å². The summed E-state index contributed by atoms with van der Waals surface area (Å²) in [6.45, 7) is 4.72. The molecule has 0 aliphatic carbocycles. The third-order valence-electron chi connectivity index (χ3n) is 3.83. The van der Waals surface area contributed by atoms with Gasteiger partial charge >= 0.3 is 0 Å². The van der Waals surface area contributed by atoms with Crippen LogP contribution in [0.15, 0.2) is 16.7 Å². The van der Waals surface area contributed by atoms with Crippen LogP contribution < -0.4 is 0 Å². The summed E-state index contributed by atoms with van der Waals surface area (Å²) in [5, 5.41) is 0. The van der Waals surface area contributed by atoms with Gasteiger partial charge < -0.3 is 14.4 Å². The number of rotatable bonds is 3. The van der Waals surface area contributed by atoms with Gasteiger partial charge in [0.25, 0.3) is 5.91 Å². The summed E-state index contributed by atoms with van der Waals surface area (Å²) in [5.74, 6) is -0.0605. The number of likely N-dealkylation sites (N-methyl/N-ethyl adjacent to an activating group) is 1. The number of hydrogen-bond donors (Lipinski definition) is 0. The fraction of sp³-hybridized carbons (Fsp3) is 0.600. The minimum absolute atomic E-state index is 0.00238. The lowest BCUT2D eigenvalue weighted by molar-refractivity contribution is -0.132. The topological polar surface area (TPSA) is 45.6 Å². The van der Waals surface area contributed by atoms with Crippen LogP contribution in [0.4, 0.5) is 0 Å². The van der Waals surface area contributed by atoms with Crippen LogP contribution in [-0.2, 0) is 4.79 Å². The van der Waals surface area contributed by atoms with Crippen LogP contribution in [0.1, 0.15) is 43.2 Å². The van der Waals surface area contributed by atoms with E-state index in [1.54, 1.807) is 23.9 Å². The van der Waals surface area contributed by atoms with E-state index in [4.69, 9.17) is 0 Å². The zero-order chi connectivity index (χ0) is 15.7. The van der Waals surface area contributed by atoms with Crippen molar-refractivity contribution in [2.24, 2.45) is 0 Å². The summed E-state index contributed by atoms with van der Waals surface area (Å²) in [7, 11) is 3.47. The number of likely N-dealkylation sites (tertiary alicyclic amines) is 1. The van der Waals surface area contributed by atoms with E-state index in [0.29, 0.717) is 12.2 Å². The summed E-state index contributed by atoms with van der Waals surface area (Å²) in [5.41, 5.74) is 0.635. The summed E-state index contributed by atoms with van der Waals surface area (Å²) in [6.07, 6.45) is 3.53. The molecule has 21 heavy (non-hydrogen) atoms. The molecule has 1 aliphatic heterocycles. The third-order valence-corrected chi connectivity index (χ3v) is 4.26. The van der Waals surface area contributed by atoms with Gasteiger partial charge in [0.2, 0.25) is 5.91 Å². The van der Waals surface area contributed by atoms with E-state index >= 15 is 0 Å². The smallest absolute Gasteiger partial charge is 0.271 e. The Hall–Kier alpha value is -1.30. The fourth-order valence-electron chi connectivity index (χ4n) is 2.76. The Bertz CT molecular complexity index is 551. The maximum absolute atomic E-state index is 12.8. The minimum Gasteiger partial charge on any atom is -0.347 e. The highest BCUT2D eigenvalue weighted by molar-refractivity contribution is 9.10. The number of carbonyl (C=O) groups excluding carboxylic acids is 2. The number of aromatic nitrogens is 1.